The second kappa shape index (κ2) is 5.35. The van der Waals surface area contributed by atoms with Crippen LogP contribution >= 0.6 is 12.2 Å². The highest BCUT2D eigenvalue weighted by molar-refractivity contribution is 7.80. The van der Waals surface area contributed by atoms with Gasteiger partial charge in [-0.3, -0.25) is 0 Å². The molecule has 3 heteroatoms. The van der Waals surface area contributed by atoms with Gasteiger partial charge < -0.3 is 10.2 Å². The Kier molecular flexibility index (Phi) is 5.20. The van der Waals surface area contributed by atoms with Crippen molar-refractivity contribution in [2.45, 2.75) is 20.3 Å². The van der Waals surface area contributed by atoms with Crippen LogP contribution in [0.3, 0.4) is 0 Å². The van der Waals surface area contributed by atoms with E-state index in [1.54, 1.807) is 0 Å². The molecule has 66 valence electrons. The number of nitrogens with zero attached hydrogens (tertiary/aromatic N) is 1. The van der Waals surface area contributed by atoms with Crippen LogP contribution in [-0.4, -0.2) is 30.7 Å². The van der Waals surface area contributed by atoms with Crippen molar-refractivity contribution < 1.29 is 0 Å². The highest BCUT2D eigenvalue weighted by Gasteiger charge is 2.01. The second-order valence-electron chi connectivity index (χ2n) is 3.16. The lowest BCUT2D eigenvalue weighted by Crippen LogP contribution is -2.35. The molecule has 0 aromatic heterocycles. The van der Waals surface area contributed by atoms with Crippen LogP contribution in [0.5, 0.6) is 0 Å². The first-order valence-corrected chi connectivity index (χ1v) is 4.41. The van der Waals surface area contributed by atoms with Gasteiger partial charge in [0, 0.05) is 20.6 Å². The van der Waals surface area contributed by atoms with E-state index in [2.05, 4.69) is 24.1 Å². The summed E-state index contributed by atoms with van der Waals surface area (Å²) in [7, 11) is 3.87. The van der Waals surface area contributed by atoms with Gasteiger partial charge in [-0.1, -0.05) is 13.8 Å². The maximum absolute atomic E-state index is 5.04. The fourth-order valence-electron chi connectivity index (χ4n) is 0.744. The molecule has 11 heavy (non-hydrogen) atoms. The summed E-state index contributed by atoms with van der Waals surface area (Å²) in [6.07, 6.45) is 1.19. The number of thiocarbonyl (C=S) groups is 1. The lowest BCUT2D eigenvalue weighted by molar-refractivity contribution is 0.434. The summed E-state index contributed by atoms with van der Waals surface area (Å²) < 4.78 is 0. The maximum atomic E-state index is 5.04. The number of nitrogens with one attached hydrogen (secondary N) is 1. The standard InChI is InChI=1S/C8H18N2S/c1-7(2)5-6-10(4)8(11)9-3/h7H,5-6H2,1-4H3,(H,9,11). The molecule has 0 aliphatic heterocycles. The summed E-state index contributed by atoms with van der Waals surface area (Å²) in [6.45, 7) is 5.48. The third-order valence-electron chi connectivity index (χ3n) is 1.60. The van der Waals surface area contributed by atoms with E-state index < -0.39 is 0 Å². The van der Waals surface area contributed by atoms with Crippen LogP contribution in [0.1, 0.15) is 20.3 Å². The van der Waals surface area contributed by atoms with E-state index in [0.717, 1.165) is 17.6 Å². The van der Waals surface area contributed by atoms with Gasteiger partial charge in [-0.2, -0.15) is 0 Å². The Morgan fingerprint density at radius 3 is 2.45 bits per heavy atom. The lowest BCUT2D eigenvalue weighted by Gasteiger charge is -2.20. The zero-order chi connectivity index (χ0) is 8.85. The molecule has 0 bridgehead atoms. The normalized spacial score (nSPS) is 9.91. The van der Waals surface area contributed by atoms with Gasteiger partial charge in [0.2, 0.25) is 0 Å². The number of hydrogen-bond donors (Lipinski definition) is 1. The molecule has 0 aliphatic carbocycles. The van der Waals surface area contributed by atoms with E-state index in [0.29, 0.717) is 0 Å². The second-order valence-corrected chi connectivity index (χ2v) is 3.55. The molecule has 0 amide bonds. The molecule has 0 unspecified atom stereocenters. The average molecular weight is 174 g/mol. The predicted molar refractivity (Wildman–Crippen MR) is 53.7 cm³/mol. The molecular weight excluding hydrogens is 156 g/mol. The molecule has 0 saturated heterocycles. The van der Waals surface area contributed by atoms with Crippen LogP contribution in [0.2, 0.25) is 0 Å². The molecule has 2 nitrogen and oxygen atoms in total. The summed E-state index contributed by atoms with van der Waals surface area (Å²) in [4.78, 5) is 2.06. The summed E-state index contributed by atoms with van der Waals surface area (Å²) in [6, 6.07) is 0. The molecule has 0 aromatic rings. The van der Waals surface area contributed by atoms with Crippen LogP contribution in [0.25, 0.3) is 0 Å². The zero-order valence-corrected chi connectivity index (χ0v) is 8.66. The lowest BCUT2D eigenvalue weighted by atomic mass is 10.1. The van der Waals surface area contributed by atoms with Gasteiger partial charge >= 0.3 is 0 Å². The predicted octanol–water partition coefficient (Wildman–Crippen LogP) is 1.47. The molecule has 0 spiro atoms. The van der Waals surface area contributed by atoms with Crippen molar-refractivity contribution in [3.63, 3.8) is 0 Å². The smallest absolute Gasteiger partial charge is 0.168 e. The Morgan fingerprint density at radius 1 is 1.55 bits per heavy atom. The molecule has 0 aliphatic rings. The molecule has 0 atom stereocenters. The van der Waals surface area contributed by atoms with Crippen LogP contribution in [-0.2, 0) is 0 Å². The van der Waals surface area contributed by atoms with Gasteiger partial charge in [0.1, 0.15) is 0 Å². The fourth-order valence-corrected chi connectivity index (χ4v) is 0.836. The first-order chi connectivity index (χ1) is 5.07. The highest BCUT2D eigenvalue weighted by atomic mass is 32.1. The van der Waals surface area contributed by atoms with Gasteiger partial charge in [-0.25, -0.2) is 0 Å². The van der Waals surface area contributed by atoms with E-state index in [1.807, 2.05) is 14.1 Å². The molecule has 0 heterocycles. The SMILES string of the molecule is CNC(=S)N(C)CCC(C)C. The first-order valence-electron chi connectivity index (χ1n) is 4.00. The fraction of sp³-hybridized carbons (Fsp3) is 0.875. The van der Waals surface area contributed by atoms with E-state index in [1.165, 1.54) is 6.42 Å². The maximum Gasteiger partial charge on any atom is 0.168 e. The van der Waals surface area contributed by atoms with Crippen LogP contribution in [0.15, 0.2) is 0 Å². The average Bonchev–Trinajstić information content (AvgIpc) is 1.98. The van der Waals surface area contributed by atoms with E-state index in [-0.39, 0.29) is 0 Å². The Labute approximate surface area is 75.0 Å². The van der Waals surface area contributed by atoms with Crippen molar-refractivity contribution in [1.29, 1.82) is 0 Å². The number of rotatable bonds is 3. The van der Waals surface area contributed by atoms with Crippen molar-refractivity contribution in [3.8, 4) is 0 Å². The van der Waals surface area contributed by atoms with Crippen LogP contribution < -0.4 is 5.32 Å². The van der Waals surface area contributed by atoms with Crippen molar-refractivity contribution in [1.82, 2.24) is 10.2 Å². The van der Waals surface area contributed by atoms with Gasteiger partial charge in [-0.05, 0) is 24.6 Å². The monoisotopic (exact) mass is 174 g/mol. The van der Waals surface area contributed by atoms with Crippen molar-refractivity contribution in [2.75, 3.05) is 20.6 Å². The summed E-state index contributed by atoms with van der Waals surface area (Å²) in [5.41, 5.74) is 0. The van der Waals surface area contributed by atoms with Gasteiger partial charge in [0.15, 0.2) is 5.11 Å². The summed E-state index contributed by atoms with van der Waals surface area (Å²) in [5, 5.41) is 3.77. The topological polar surface area (TPSA) is 15.3 Å². The van der Waals surface area contributed by atoms with Crippen molar-refractivity contribution in [2.24, 2.45) is 5.92 Å². The van der Waals surface area contributed by atoms with Gasteiger partial charge in [0.25, 0.3) is 0 Å². The van der Waals surface area contributed by atoms with Crippen LogP contribution in [0, 0.1) is 5.92 Å². The molecule has 1 N–H and O–H groups in total. The van der Waals surface area contributed by atoms with Crippen molar-refractivity contribution >= 4 is 17.3 Å². The molecular formula is C8H18N2S. The molecule has 0 radical (unpaired) electrons. The minimum Gasteiger partial charge on any atom is -0.366 e. The molecule has 0 saturated carbocycles. The quantitative estimate of drug-likeness (QED) is 0.652. The van der Waals surface area contributed by atoms with Crippen LogP contribution in [0.4, 0.5) is 0 Å². The summed E-state index contributed by atoms with van der Waals surface area (Å²) >= 11 is 5.04. The minimum absolute atomic E-state index is 0.747. The van der Waals surface area contributed by atoms with Gasteiger partial charge in [-0.15, -0.1) is 0 Å². The molecule has 0 aromatic carbocycles. The largest absolute Gasteiger partial charge is 0.366 e. The third kappa shape index (κ3) is 5.01. The zero-order valence-electron chi connectivity index (χ0n) is 7.85. The molecule has 0 rings (SSSR count). The Bertz CT molecular complexity index is 123. The number of hydrogen-bond acceptors (Lipinski definition) is 1. The highest BCUT2D eigenvalue weighted by Crippen LogP contribution is 2.00. The Hall–Kier alpha value is -0.310. The summed E-state index contributed by atoms with van der Waals surface area (Å²) in [5.74, 6) is 0.747. The Balaban J connectivity index is 3.52. The van der Waals surface area contributed by atoms with Crippen molar-refractivity contribution in [3.05, 3.63) is 0 Å². The molecule has 0 fully saturated rings. The van der Waals surface area contributed by atoms with Gasteiger partial charge in [0.05, 0.1) is 0 Å². The third-order valence-corrected chi connectivity index (χ3v) is 2.12. The first kappa shape index (κ1) is 10.7. The van der Waals surface area contributed by atoms with E-state index in [9.17, 15) is 0 Å². The van der Waals surface area contributed by atoms with E-state index in [4.69, 9.17) is 12.2 Å². The Morgan fingerprint density at radius 2 is 2.09 bits per heavy atom. The van der Waals surface area contributed by atoms with E-state index >= 15 is 0 Å². The minimum atomic E-state index is 0.747.